The summed E-state index contributed by atoms with van der Waals surface area (Å²) in [6.45, 7) is 2.15. The summed E-state index contributed by atoms with van der Waals surface area (Å²) in [7, 11) is 0. The molecule has 0 aromatic carbocycles. The normalized spacial score (nSPS) is 7.12. The summed E-state index contributed by atoms with van der Waals surface area (Å²) >= 11 is 0. The second kappa shape index (κ2) is 7.04. The fourth-order valence-corrected chi connectivity index (χ4v) is 0.189. The molecular formula is C4H10MgO3. The van der Waals surface area contributed by atoms with Gasteiger partial charge in [-0.15, -0.1) is 0 Å². The Hall–Kier alpha value is 0.0362. The quantitative estimate of drug-likeness (QED) is 0.428. The molecule has 0 spiro atoms. The number of ether oxygens (including phenoxy) is 1. The van der Waals surface area contributed by atoms with Gasteiger partial charge in [-0.1, -0.05) is 6.92 Å². The highest BCUT2D eigenvalue weighted by molar-refractivity contribution is 5.75. The second-order valence-corrected chi connectivity index (χ2v) is 1.11. The number of carboxylic acid groups (broad SMARTS) is 1. The molecule has 0 atom stereocenters. The topological polar surface area (TPSA) is 46.5 Å². The van der Waals surface area contributed by atoms with Crippen LogP contribution in [0.15, 0.2) is 0 Å². The lowest BCUT2D eigenvalue weighted by molar-refractivity contribution is 0.0918. The number of rotatable bonds is 2. The fourth-order valence-electron chi connectivity index (χ4n) is 0.189. The molecule has 0 aromatic rings. The van der Waals surface area contributed by atoms with Crippen molar-refractivity contribution >= 4 is 29.2 Å². The molecule has 0 unspecified atom stereocenters. The molecule has 0 aliphatic rings. The highest BCUT2D eigenvalue weighted by Gasteiger charge is 1.89. The van der Waals surface area contributed by atoms with Crippen LogP contribution in [0.25, 0.3) is 0 Å². The van der Waals surface area contributed by atoms with Crippen molar-refractivity contribution in [1.29, 1.82) is 0 Å². The number of hydrogen-bond donors (Lipinski definition) is 1. The minimum atomic E-state index is -1.19. The summed E-state index contributed by atoms with van der Waals surface area (Å²) in [5, 5.41) is 7.82. The zero-order valence-electron chi connectivity index (χ0n) is 4.18. The smallest absolute Gasteiger partial charge is 0.450 e. The predicted molar refractivity (Wildman–Crippen MR) is 32.8 cm³/mol. The van der Waals surface area contributed by atoms with Gasteiger partial charge in [0.05, 0.1) is 6.61 Å². The van der Waals surface area contributed by atoms with E-state index in [0.717, 1.165) is 6.42 Å². The zero-order chi connectivity index (χ0) is 5.70. The predicted octanol–water partition coefficient (Wildman–Crippen LogP) is 0.175. The van der Waals surface area contributed by atoms with Crippen molar-refractivity contribution in [3.05, 3.63) is 0 Å². The molecule has 0 bridgehead atoms. The molecule has 3 nitrogen and oxygen atoms in total. The minimum Gasteiger partial charge on any atom is -0.450 e. The SMILES string of the molecule is CCCOC(=O)O.[MgH2]. The second-order valence-electron chi connectivity index (χ2n) is 1.11. The molecule has 0 fully saturated rings. The van der Waals surface area contributed by atoms with Gasteiger partial charge in [0, 0.05) is 0 Å². The Bertz CT molecular complexity index is 64.3. The van der Waals surface area contributed by atoms with E-state index < -0.39 is 6.16 Å². The van der Waals surface area contributed by atoms with Crippen LogP contribution in [0, 0.1) is 0 Å². The van der Waals surface area contributed by atoms with E-state index in [0.29, 0.717) is 6.61 Å². The van der Waals surface area contributed by atoms with Gasteiger partial charge in [-0.05, 0) is 6.42 Å². The molecule has 0 rings (SSSR count). The molecule has 4 heteroatoms. The highest BCUT2D eigenvalue weighted by Crippen LogP contribution is 1.78. The van der Waals surface area contributed by atoms with Gasteiger partial charge in [0.25, 0.3) is 0 Å². The molecule has 0 aliphatic heterocycles. The van der Waals surface area contributed by atoms with Gasteiger partial charge in [0.2, 0.25) is 0 Å². The van der Waals surface area contributed by atoms with Crippen molar-refractivity contribution in [3.8, 4) is 0 Å². The van der Waals surface area contributed by atoms with E-state index in [-0.39, 0.29) is 23.1 Å². The number of carbonyl (C=O) groups is 1. The lowest BCUT2D eigenvalue weighted by atomic mass is 10.5. The first-order valence-electron chi connectivity index (χ1n) is 2.13. The Morgan fingerprint density at radius 3 is 2.38 bits per heavy atom. The maximum Gasteiger partial charge on any atom is 0.505 e. The molecule has 0 radical (unpaired) electrons. The fraction of sp³-hybridized carbons (Fsp3) is 0.750. The van der Waals surface area contributed by atoms with Gasteiger partial charge < -0.3 is 9.84 Å². The molecule has 1 N–H and O–H groups in total. The van der Waals surface area contributed by atoms with Gasteiger partial charge in [0.15, 0.2) is 0 Å². The molecule has 8 heavy (non-hydrogen) atoms. The summed E-state index contributed by atoms with van der Waals surface area (Å²) in [5.74, 6) is 0. The van der Waals surface area contributed by atoms with Crippen LogP contribution in [0.2, 0.25) is 0 Å². The largest absolute Gasteiger partial charge is 0.505 e. The molecule has 0 saturated carbocycles. The first-order chi connectivity index (χ1) is 3.27. The van der Waals surface area contributed by atoms with E-state index in [2.05, 4.69) is 4.74 Å². The summed E-state index contributed by atoms with van der Waals surface area (Å²) < 4.78 is 4.11. The van der Waals surface area contributed by atoms with Crippen LogP contribution in [0.4, 0.5) is 4.79 Å². The van der Waals surface area contributed by atoms with E-state index in [4.69, 9.17) is 5.11 Å². The lowest BCUT2D eigenvalue weighted by Crippen LogP contribution is -1.99. The van der Waals surface area contributed by atoms with Gasteiger partial charge in [-0.2, -0.15) is 0 Å². The van der Waals surface area contributed by atoms with E-state index in [1.807, 2.05) is 6.92 Å². The molecule has 0 aliphatic carbocycles. The molecule has 0 amide bonds. The third-order valence-electron chi connectivity index (χ3n) is 0.430. The number of hydrogen-bond acceptors (Lipinski definition) is 2. The van der Waals surface area contributed by atoms with Gasteiger partial charge in [0.1, 0.15) is 0 Å². The van der Waals surface area contributed by atoms with Crippen molar-refractivity contribution in [2.24, 2.45) is 0 Å². The molecule has 0 heterocycles. The third-order valence-corrected chi connectivity index (χ3v) is 0.430. The first kappa shape index (κ1) is 10.9. The zero-order valence-corrected chi connectivity index (χ0v) is 4.18. The van der Waals surface area contributed by atoms with Crippen LogP contribution in [-0.4, -0.2) is 40.9 Å². The molecule has 46 valence electrons. The molecule has 0 aromatic heterocycles. The molecule has 0 saturated heterocycles. The summed E-state index contributed by atoms with van der Waals surface area (Å²) in [6.07, 6.45) is -0.450. The summed E-state index contributed by atoms with van der Waals surface area (Å²) in [5.41, 5.74) is 0. The van der Waals surface area contributed by atoms with E-state index in [1.54, 1.807) is 0 Å². The minimum absolute atomic E-state index is 0. The van der Waals surface area contributed by atoms with Crippen LogP contribution in [0.5, 0.6) is 0 Å². The average molecular weight is 130 g/mol. The van der Waals surface area contributed by atoms with Crippen LogP contribution < -0.4 is 0 Å². The van der Waals surface area contributed by atoms with Crippen LogP contribution in [0.1, 0.15) is 13.3 Å². The van der Waals surface area contributed by atoms with Crippen molar-refractivity contribution in [2.45, 2.75) is 13.3 Å². The van der Waals surface area contributed by atoms with Crippen molar-refractivity contribution in [1.82, 2.24) is 0 Å². The highest BCUT2D eigenvalue weighted by atomic mass is 24.3. The summed E-state index contributed by atoms with van der Waals surface area (Å²) in [6, 6.07) is 0. The maximum atomic E-state index is 9.54. The first-order valence-corrected chi connectivity index (χ1v) is 2.13. The monoisotopic (exact) mass is 130 g/mol. The van der Waals surface area contributed by atoms with Gasteiger partial charge >= 0.3 is 29.2 Å². The van der Waals surface area contributed by atoms with Crippen molar-refractivity contribution in [2.75, 3.05) is 6.61 Å². The van der Waals surface area contributed by atoms with E-state index >= 15 is 0 Å². The van der Waals surface area contributed by atoms with Crippen LogP contribution >= 0.6 is 0 Å². The standard InChI is InChI=1S/C4H8O3.Mg.2H/c1-2-3-7-4(5)6;;;/h2-3H2,1H3,(H,5,6);;;. The Balaban J connectivity index is 0. The van der Waals surface area contributed by atoms with Crippen molar-refractivity contribution in [3.63, 3.8) is 0 Å². The Labute approximate surface area is 64.2 Å². The maximum absolute atomic E-state index is 9.54. The molecular weight excluding hydrogens is 120 g/mol. The van der Waals surface area contributed by atoms with Crippen molar-refractivity contribution < 1.29 is 14.6 Å². The van der Waals surface area contributed by atoms with Crippen LogP contribution in [-0.2, 0) is 4.74 Å². The third kappa shape index (κ3) is 9.40. The van der Waals surface area contributed by atoms with Crippen LogP contribution in [0.3, 0.4) is 0 Å². The van der Waals surface area contributed by atoms with E-state index in [1.165, 1.54) is 0 Å². The van der Waals surface area contributed by atoms with Gasteiger partial charge in [-0.3, -0.25) is 0 Å². The van der Waals surface area contributed by atoms with Gasteiger partial charge in [-0.25, -0.2) is 4.79 Å². The Morgan fingerprint density at radius 2 is 2.25 bits per heavy atom. The lowest BCUT2D eigenvalue weighted by Gasteiger charge is -1.91. The van der Waals surface area contributed by atoms with E-state index in [9.17, 15) is 4.79 Å². The Kier molecular flexibility index (Phi) is 9.60. The average Bonchev–Trinajstić information content (AvgIpc) is 1.61. The Morgan fingerprint density at radius 1 is 1.75 bits per heavy atom. The summed E-state index contributed by atoms with van der Waals surface area (Å²) in [4.78, 5) is 9.54.